The number of hydrogen-bond acceptors (Lipinski definition) is 4. The first-order chi connectivity index (χ1) is 38.6. The fourth-order valence-electron chi connectivity index (χ4n) is 9.48. The summed E-state index contributed by atoms with van der Waals surface area (Å²) in [7, 11) is 0. The Kier molecular flexibility index (Phi) is 10.0. The van der Waals surface area contributed by atoms with Crippen LogP contribution in [0.25, 0.3) is 61.0 Å². The van der Waals surface area contributed by atoms with E-state index in [1.807, 2.05) is 114 Å². The van der Waals surface area contributed by atoms with E-state index in [4.69, 9.17) is 17.9 Å². The number of anilines is 4. The number of ether oxygens (including phenoxy) is 1. The summed E-state index contributed by atoms with van der Waals surface area (Å²) < 4.78 is 97.9. The molecule has 0 saturated carbocycles. The summed E-state index contributed by atoms with van der Waals surface area (Å²) in [5.41, 5.74) is 9.10. The summed E-state index contributed by atoms with van der Waals surface area (Å²) >= 11 is 0. The molecule has 0 N–H and O–H groups in total. The molecule has 0 atom stereocenters. The fraction of sp³-hybridized carbons (Fsp3) is 0.194. The van der Waals surface area contributed by atoms with Gasteiger partial charge in [0.2, 0.25) is 0 Å². The number of para-hydroxylation sites is 4. The fourth-order valence-corrected chi connectivity index (χ4v) is 9.48. The summed E-state index contributed by atoms with van der Waals surface area (Å²) in [6.45, 7) is 18.5. The third-order valence-corrected chi connectivity index (χ3v) is 13.5. The predicted octanol–water partition coefficient (Wildman–Crippen LogP) is 18.2. The normalized spacial score (nSPS) is 15.0. The zero-order valence-corrected chi connectivity index (χ0v) is 44.6. The van der Waals surface area contributed by atoms with E-state index in [1.165, 1.54) is 0 Å². The Balaban J connectivity index is 0.00000769. The molecule has 0 radical (unpaired) electrons. The van der Waals surface area contributed by atoms with Gasteiger partial charge in [-0.05, 0) is 91.7 Å². The van der Waals surface area contributed by atoms with E-state index < -0.39 is 25.0 Å². The second-order valence-corrected chi connectivity index (χ2v) is 21.5. The van der Waals surface area contributed by atoms with E-state index in [0.29, 0.717) is 45.0 Å². The first-order valence-electron chi connectivity index (χ1n) is 29.3. The van der Waals surface area contributed by atoms with Gasteiger partial charge in [-0.3, -0.25) is 0 Å². The standard InChI is InChI=1S/C67H61N4O.Pt/c1-44-36-63(68-42-58(44)46-30-32-48(33-31-46)65(2,3)4)71-59-27-15-14-24-56(59)57-35-34-53(41-62(57)71)72-52-23-18-22-51(40-52)69-43-70(61-29-17-16-28-60(61)69)64-54(45-20-12-11-13-21-45)25-19-26-55(64)47-37-49(66(5,6)7)39-50(38-47)67(8,9)10;/h11-39,42-43H,1-10H3;/q-3;/i1D3,11D,12D,13D,20D,21D,36D,42D;. The monoisotopic (exact) mass is 1140 g/mol. The number of nitrogens with zero attached hydrogens (tertiary/aromatic N) is 4. The molecule has 1 aliphatic heterocycles. The van der Waals surface area contributed by atoms with Crippen molar-refractivity contribution in [3.8, 4) is 50.7 Å². The van der Waals surface area contributed by atoms with Crippen LogP contribution in [0.3, 0.4) is 0 Å². The van der Waals surface area contributed by atoms with Crippen molar-refractivity contribution >= 4 is 44.6 Å². The molecule has 8 aromatic carbocycles. The Bertz CT molecular complexity index is 4150. The molecule has 1 aliphatic rings. The Labute approximate surface area is 460 Å². The zero-order chi connectivity index (χ0) is 58.7. The Morgan fingerprint density at radius 2 is 1.19 bits per heavy atom. The average molecular weight is 1140 g/mol. The summed E-state index contributed by atoms with van der Waals surface area (Å²) in [6, 6.07) is 49.1. The van der Waals surface area contributed by atoms with Crippen LogP contribution in [-0.2, 0) is 37.3 Å². The van der Waals surface area contributed by atoms with Crippen LogP contribution in [0.15, 0.2) is 182 Å². The average Bonchev–Trinajstić information content (AvgIpc) is 3.43. The summed E-state index contributed by atoms with van der Waals surface area (Å²) in [4.78, 5) is 8.71. The van der Waals surface area contributed by atoms with Crippen LogP contribution in [-0.4, -0.2) is 9.55 Å². The molecule has 0 fully saturated rings. The second kappa shape index (κ2) is 19.0. The first-order valence-corrected chi connectivity index (χ1v) is 24.3. The van der Waals surface area contributed by atoms with E-state index in [2.05, 4.69) is 92.6 Å². The molecule has 3 heterocycles. The number of rotatable bonds is 8. The van der Waals surface area contributed by atoms with E-state index in [0.717, 1.165) is 50.0 Å². The van der Waals surface area contributed by atoms with Crippen LogP contribution in [0, 0.1) is 25.7 Å². The van der Waals surface area contributed by atoms with Gasteiger partial charge in [-0.25, -0.2) is 4.98 Å². The SMILES string of the molecule is [2H]c1nc(-n2c3[c-]c(Oc4[c-]c(N5[CH-]N(c6c(-c7cc(C(C)(C)C)cc(C(C)(C)C)c7)cccc6-c6c([2H])c([2H])c([2H])c([2H])c6[2H])c6ccccc65)ccc4)ccc3c3ccccc32)c([2H])c(C([2H])([2H])[2H])c1-c1ccc(C(C)(C)C)cc1.[Pt]. The molecule has 0 aliphatic carbocycles. The molecular formula is C67H61N4OPt-3. The summed E-state index contributed by atoms with van der Waals surface area (Å²) in [6.07, 6.45) is -0.276. The van der Waals surface area contributed by atoms with E-state index in [1.54, 1.807) is 28.8 Å². The Morgan fingerprint density at radius 3 is 1.88 bits per heavy atom. The van der Waals surface area contributed by atoms with Crippen LogP contribution in [0.2, 0.25) is 0 Å². The number of benzene rings is 8. The molecule has 2 aromatic heterocycles. The molecule has 11 rings (SSSR count). The molecule has 5 nitrogen and oxygen atoms in total. The molecule has 0 amide bonds. The van der Waals surface area contributed by atoms with Crippen molar-refractivity contribution in [2.24, 2.45) is 0 Å². The van der Waals surface area contributed by atoms with Gasteiger partial charge >= 0.3 is 0 Å². The van der Waals surface area contributed by atoms with Gasteiger partial charge in [-0.15, -0.1) is 48.1 Å². The maximum absolute atomic E-state index is 9.61. The quantitative estimate of drug-likeness (QED) is 0.142. The zero-order valence-electron chi connectivity index (χ0n) is 52.4. The molecule has 0 spiro atoms. The van der Waals surface area contributed by atoms with Crippen LogP contribution >= 0.6 is 0 Å². The van der Waals surface area contributed by atoms with Crippen molar-refractivity contribution in [3.63, 3.8) is 0 Å². The topological polar surface area (TPSA) is 33.5 Å². The third-order valence-electron chi connectivity index (χ3n) is 13.5. The van der Waals surface area contributed by atoms with E-state index >= 15 is 0 Å². The maximum atomic E-state index is 9.61. The van der Waals surface area contributed by atoms with Gasteiger partial charge in [0, 0.05) is 82.1 Å². The largest absolute Gasteiger partial charge is 0.509 e. The van der Waals surface area contributed by atoms with Gasteiger partial charge in [0.15, 0.2) is 0 Å². The minimum absolute atomic E-state index is 0. The number of pyridine rings is 1. The van der Waals surface area contributed by atoms with Gasteiger partial charge in [0.1, 0.15) is 5.82 Å². The smallest absolute Gasteiger partial charge is 0.135 e. The van der Waals surface area contributed by atoms with Crippen molar-refractivity contribution in [1.29, 1.82) is 0 Å². The van der Waals surface area contributed by atoms with Gasteiger partial charge < -0.3 is 19.1 Å². The van der Waals surface area contributed by atoms with Crippen molar-refractivity contribution in [2.45, 2.75) is 85.4 Å². The van der Waals surface area contributed by atoms with E-state index in [9.17, 15) is 5.48 Å². The maximum Gasteiger partial charge on any atom is 0.135 e. The minimum Gasteiger partial charge on any atom is -0.509 e. The number of aromatic nitrogens is 2. The van der Waals surface area contributed by atoms with Gasteiger partial charge in [0.25, 0.3) is 0 Å². The van der Waals surface area contributed by atoms with E-state index in [-0.39, 0.29) is 84.1 Å². The van der Waals surface area contributed by atoms with Crippen LogP contribution in [0.5, 0.6) is 11.5 Å². The van der Waals surface area contributed by atoms with Gasteiger partial charge in [0.05, 0.1) is 9.60 Å². The summed E-state index contributed by atoms with van der Waals surface area (Å²) in [5.74, 6) is 0.610. The predicted molar refractivity (Wildman–Crippen MR) is 301 cm³/mol. The molecule has 0 unspecified atom stereocenters. The van der Waals surface area contributed by atoms with Gasteiger partial charge in [-0.1, -0.05) is 189 Å². The third kappa shape index (κ3) is 9.41. The van der Waals surface area contributed by atoms with Crippen molar-refractivity contribution in [1.82, 2.24) is 9.55 Å². The Hall–Kier alpha value is -7.20. The first kappa shape index (κ1) is 38.4. The minimum atomic E-state index is -2.77. The number of fused-ring (bicyclic) bond motifs is 4. The number of hydrogen-bond donors (Lipinski definition) is 0. The molecule has 368 valence electrons. The van der Waals surface area contributed by atoms with Crippen molar-refractivity contribution in [3.05, 3.63) is 223 Å². The Morgan fingerprint density at radius 1 is 0.562 bits per heavy atom. The van der Waals surface area contributed by atoms with Crippen molar-refractivity contribution in [2.75, 3.05) is 9.80 Å². The molecule has 73 heavy (non-hydrogen) atoms. The van der Waals surface area contributed by atoms with Crippen LogP contribution in [0.1, 0.15) is 98.3 Å². The van der Waals surface area contributed by atoms with Crippen molar-refractivity contribution < 1.29 is 39.5 Å². The van der Waals surface area contributed by atoms with Crippen LogP contribution < -0.4 is 14.5 Å². The molecule has 10 aromatic rings. The summed E-state index contributed by atoms with van der Waals surface area (Å²) in [5, 5.41) is 1.55. The molecule has 0 saturated heterocycles. The second-order valence-electron chi connectivity index (χ2n) is 21.5. The molecule has 6 heteroatoms. The van der Waals surface area contributed by atoms with Crippen LogP contribution in [0.4, 0.5) is 22.7 Å². The van der Waals surface area contributed by atoms with Gasteiger partial charge in [-0.2, -0.15) is 12.1 Å². The molecular weight excluding hydrogens is 1070 g/mol. The molecule has 0 bridgehead atoms.